The van der Waals surface area contributed by atoms with E-state index >= 15 is 0 Å². The molecule has 146 valence electrons. The summed E-state index contributed by atoms with van der Waals surface area (Å²) in [6, 6.07) is 14.0. The van der Waals surface area contributed by atoms with E-state index in [2.05, 4.69) is 10.3 Å². The number of hydrogen-bond donors (Lipinski definition) is 2. The molecule has 2 heterocycles. The Morgan fingerprint density at radius 1 is 1.10 bits per heavy atom. The molecule has 0 atom stereocenters. The third kappa shape index (κ3) is 3.45. The second-order valence-corrected chi connectivity index (χ2v) is 7.27. The lowest BCUT2D eigenvalue weighted by Crippen LogP contribution is -2.12. The van der Waals surface area contributed by atoms with E-state index in [9.17, 15) is 9.59 Å². The number of anilines is 2. The topological polar surface area (TPSA) is 104 Å². The van der Waals surface area contributed by atoms with E-state index in [-0.39, 0.29) is 5.91 Å². The zero-order valence-electron chi connectivity index (χ0n) is 15.7. The number of nitrogen functional groups attached to an aromatic ring is 1. The largest absolute Gasteiger partial charge is 0.497 e. The van der Waals surface area contributed by atoms with E-state index in [0.717, 1.165) is 16.7 Å². The summed E-state index contributed by atoms with van der Waals surface area (Å²) in [5, 5.41) is 4.36. The van der Waals surface area contributed by atoms with Crippen LogP contribution in [0.25, 0.3) is 21.1 Å². The van der Waals surface area contributed by atoms with Crippen LogP contribution in [-0.2, 0) is 4.74 Å². The van der Waals surface area contributed by atoms with Crippen molar-refractivity contribution in [2.75, 3.05) is 25.3 Å². The number of rotatable bonds is 4. The molecule has 2 aromatic carbocycles. The predicted octanol–water partition coefficient (Wildman–Crippen LogP) is 4.08. The highest BCUT2D eigenvalue weighted by Crippen LogP contribution is 2.35. The monoisotopic (exact) mass is 407 g/mol. The second kappa shape index (κ2) is 7.40. The lowest BCUT2D eigenvalue weighted by Gasteiger charge is -2.06. The molecular formula is C21H17N3O4S. The number of ether oxygens (including phenoxy) is 2. The third-order valence-electron chi connectivity index (χ3n) is 4.47. The standard InChI is InChI=1S/C21H17N3O4S/c1-27-14-6-7-16-12(9-14)10-15-17(22)18(29-20(15)24-16)19(25)23-13-5-3-4-11(8-13)21(26)28-2/h3-10H,22H2,1-2H3,(H,23,25). The molecule has 4 aromatic rings. The fraction of sp³-hybridized carbons (Fsp3) is 0.0952. The van der Waals surface area contributed by atoms with E-state index in [4.69, 9.17) is 15.2 Å². The molecular weight excluding hydrogens is 390 g/mol. The Hall–Kier alpha value is -3.65. The van der Waals surface area contributed by atoms with Crippen LogP contribution in [0.15, 0.2) is 48.5 Å². The van der Waals surface area contributed by atoms with Gasteiger partial charge in [-0.05, 0) is 42.5 Å². The predicted molar refractivity (Wildman–Crippen MR) is 114 cm³/mol. The average Bonchev–Trinajstić information content (AvgIpc) is 3.07. The van der Waals surface area contributed by atoms with Gasteiger partial charge in [-0.15, -0.1) is 11.3 Å². The zero-order chi connectivity index (χ0) is 20.5. The molecule has 4 rings (SSSR count). The number of aromatic nitrogens is 1. The number of amides is 1. The zero-order valence-corrected chi connectivity index (χ0v) is 16.5. The number of nitrogens with one attached hydrogen (secondary N) is 1. The summed E-state index contributed by atoms with van der Waals surface area (Å²) in [6.45, 7) is 0. The van der Waals surface area contributed by atoms with Gasteiger partial charge in [-0.2, -0.15) is 0 Å². The highest BCUT2D eigenvalue weighted by molar-refractivity contribution is 7.21. The number of carbonyl (C=O) groups excluding carboxylic acids is 2. The quantitative estimate of drug-likeness (QED) is 0.494. The maximum absolute atomic E-state index is 12.8. The minimum atomic E-state index is -0.478. The number of hydrogen-bond acceptors (Lipinski definition) is 7. The molecule has 0 saturated carbocycles. The van der Waals surface area contributed by atoms with Crippen molar-refractivity contribution in [3.8, 4) is 5.75 Å². The van der Waals surface area contributed by atoms with Gasteiger partial charge in [-0.25, -0.2) is 9.78 Å². The average molecular weight is 407 g/mol. The Kier molecular flexibility index (Phi) is 4.77. The summed E-state index contributed by atoms with van der Waals surface area (Å²) in [5.41, 5.74) is 8.23. The molecule has 29 heavy (non-hydrogen) atoms. The first-order valence-corrected chi connectivity index (χ1v) is 9.48. The number of nitrogens with two attached hydrogens (primary N) is 1. The Balaban J connectivity index is 1.70. The van der Waals surface area contributed by atoms with Crippen molar-refractivity contribution in [1.29, 1.82) is 0 Å². The summed E-state index contributed by atoms with van der Waals surface area (Å²) in [4.78, 5) is 30.1. The van der Waals surface area contributed by atoms with Crippen LogP contribution in [0, 0.1) is 0 Å². The van der Waals surface area contributed by atoms with Crippen LogP contribution in [0.2, 0.25) is 0 Å². The molecule has 1 amide bonds. The highest BCUT2D eigenvalue weighted by atomic mass is 32.1. The molecule has 2 aromatic heterocycles. The Labute approximate surface area is 170 Å². The second-order valence-electron chi connectivity index (χ2n) is 6.27. The summed E-state index contributed by atoms with van der Waals surface area (Å²) in [6.07, 6.45) is 0. The molecule has 0 aliphatic carbocycles. The van der Waals surface area contributed by atoms with E-state index in [1.54, 1.807) is 31.4 Å². The molecule has 7 nitrogen and oxygen atoms in total. The Bertz CT molecular complexity index is 1270. The van der Waals surface area contributed by atoms with Crippen molar-refractivity contribution in [3.05, 3.63) is 59.0 Å². The number of benzene rings is 2. The van der Waals surface area contributed by atoms with Crippen LogP contribution in [0.1, 0.15) is 20.0 Å². The van der Waals surface area contributed by atoms with Crippen molar-refractivity contribution in [3.63, 3.8) is 0 Å². The first-order chi connectivity index (χ1) is 14.0. The number of esters is 1. The smallest absolute Gasteiger partial charge is 0.337 e. The fourth-order valence-corrected chi connectivity index (χ4v) is 3.99. The van der Waals surface area contributed by atoms with Crippen LogP contribution >= 0.6 is 11.3 Å². The molecule has 0 saturated heterocycles. The van der Waals surface area contributed by atoms with Gasteiger partial charge in [0.1, 0.15) is 15.5 Å². The van der Waals surface area contributed by atoms with Crippen LogP contribution in [0.3, 0.4) is 0 Å². The third-order valence-corrected chi connectivity index (χ3v) is 5.58. The molecule has 0 aliphatic rings. The maximum Gasteiger partial charge on any atom is 0.337 e. The number of nitrogens with zero attached hydrogens (tertiary/aromatic N) is 1. The van der Waals surface area contributed by atoms with E-state index < -0.39 is 5.97 Å². The molecule has 3 N–H and O–H groups in total. The van der Waals surface area contributed by atoms with Gasteiger partial charge in [0.25, 0.3) is 5.91 Å². The maximum atomic E-state index is 12.8. The first-order valence-electron chi connectivity index (χ1n) is 8.66. The van der Waals surface area contributed by atoms with Crippen LogP contribution < -0.4 is 15.8 Å². The lowest BCUT2D eigenvalue weighted by molar-refractivity contribution is 0.0600. The summed E-state index contributed by atoms with van der Waals surface area (Å²) in [5.74, 6) is -0.126. The molecule has 0 fully saturated rings. The van der Waals surface area contributed by atoms with Gasteiger partial charge in [-0.1, -0.05) is 6.07 Å². The van der Waals surface area contributed by atoms with Crippen molar-refractivity contribution < 1.29 is 19.1 Å². The Morgan fingerprint density at radius 3 is 2.69 bits per heavy atom. The summed E-state index contributed by atoms with van der Waals surface area (Å²) < 4.78 is 9.96. The fourth-order valence-electron chi connectivity index (χ4n) is 3.01. The van der Waals surface area contributed by atoms with Gasteiger partial charge in [-0.3, -0.25) is 4.79 Å². The number of methoxy groups -OCH3 is 2. The molecule has 0 spiro atoms. The van der Waals surface area contributed by atoms with Gasteiger partial charge >= 0.3 is 5.97 Å². The molecule has 8 heteroatoms. The number of fused-ring (bicyclic) bond motifs is 2. The SMILES string of the molecule is COC(=O)c1cccc(NC(=O)c2sc3nc4ccc(OC)cc4cc3c2N)c1. The van der Waals surface area contributed by atoms with Gasteiger partial charge in [0.15, 0.2) is 0 Å². The minimum absolute atomic E-state index is 0.344. The van der Waals surface area contributed by atoms with Gasteiger partial charge in [0.05, 0.1) is 31.0 Å². The number of carbonyl (C=O) groups is 2. The van der Waals surface area contributed by atoms with Gasteiger partial charge in [0.2, 0.25) is 0 Å². The van der Waals surface area contributed by atoms with Gasteiger partial charge in [0, 0.05) is 16.5 Å². The van der Waals surface area contributed by atoms with Crippen molar-refractivity contribution in [1.82, 2.24) is 4.98 Å². The van der Waals surface area contributed by atoms with Crippen molar-refractivity contribution in [2.24, 2.45) is 0 Å². The van der Waals surface area contributed by atoms with Crippen LogP contribution in [0.5, 0.6) is 5.75 Å². The molecule has 0 unspecified atom stereocenters. The summed E-state index contributed by atoms with van der Waals surface area (Å²) in [7, 11) is 2.90. The van der Waals surface area contributed by atoms with E-state index in [1.807, 2.05) is 24.3 Å². The molecule has 0 bridgehead atoms. The first kappa shape index (κ1) is 18.7. The molecule has 0 radical (unpaired) electrons. The Morgan fingerprint density at radius 2 is 1.93 bits per heavy atom. The number of pyridine rings is 1. The normalized spacial score (nSPS) is 10.8. The van der Waals surface area contributed by atoms with Crippen LogP contribution in [-0.4, -0.2) is 31.1 Å². The van der Waals surface area contributed by atoms with Crippen molar-refractivity contribution >= 4 is 55.7 Å². The van der Waals surface area contributed by atoms with Crippen LogP contribution in [0.4, 0.5) is 11.4 Å². The van der Waals surface area contributed by atoms with E-state index in [1.165, 1.54) is 18.4 Å². The summed E-state index contributed by atoms with van der Waals surface area (Å²) >= 11 is 1.22. The number of thiophene rings is 1. The van der Waals surface area contributed by atoms with Gasteiger partial charge < -0.3 is 20.5 Å². The highest BCUT2D eigenvalue weighted by Gasteiger charge is 2.19. The molecule has 0 aliphatic heterocycles. The van der Waals surface area contributed by atoms with Crippen molar-refractivity contribution in [2.45, 2.75) is 0 Å². The van der Waals surface area contributed by atoms with E-state index in [0.29, 0.717) is 32.0 Å². The minimum Gasteiger partial charge on any atom is -0.497 e. The lowest BCUT2D eigenvalue weighted by atomic mass is 10.1.